The van der Waals surface area contributed by atoms with Crippen LogP contribution in [0.3, 0.4) is 0 Å². The normalized spacial score (nSPS) is 28.1. The molecule has 182 valence electrons. The number of hydrogen-bond donors (Lipinski definition) is 3. The summed E-state index contributed by atoms with van der Waals surface area (Å²) in [6.45, 7) is 9.45. The number of aliphatic hydroxyl groups excluding tert-OH is 3. The van der Waals surface area contributed by atoms with E-state index in [1.165, 1.54) is 6.08 Å². The Bertz CT molecular complexity index is 735. The van der Waals surface area contributed by atoms with Crippen LogP contribution in [0.1, 0.15) is 86.0 Å². The van der Waals surface area contributed by atoms with Crippen molar-refractivity contribution in [2.24, 2.45) is 17.3 Å². The molecule has 2 aliphatic carbocycles. The number of ether oxygens (including phenoxy) is 2. The summed E-state index contributed by atoms with van der Waals surface area (Å²) in [6, 6.07) is 0. The number of carbonyl (C=O) groups excluding carboxylic acids is 2. The van der Waals surface area contributed by atoms with Gasteiger partial charge in [0, 0.05) is 18.4 Å². The molecular weight excluding hydrogens is 412 g/mol. The van der Waals surface area contributed by atoms with Crippen LogP contribution < -0.4 is 0 Å². The highest BCUT2D eigenvalue weighted by atomic mass is 16.6. The van der Waals surface area contributed by atoms with Crippen molar-refractivity contribution in [3.05, 3.63) is 23.2 Å². The van der Waals surface area contributed by atoms with Gasteiger partial charge in [0.2, 0.25) is 0 Å². The Morgan fingerprint density at radius 1 is 1.06 bits per heavy atom. The Labute approximate surface area is 191 Å². The predicted octanol–water partition coefficient (Wildman–Crippen LogP) is 4.89. The van der Waals surface area contributed by atoms with Gasteiger partial charge in [0.25, 0.3) is 0 Å². The number of hydrogen-bond acceptors (Lipinski definition) is 7. The van der Waals surface area contributed by atoms with Crippen molar-refractivity contribution in [1.82, 2.24) is 0 Å². The van der Waals surface area contributed by atoms with E-state index in [1.807, 2.05) is 20.8 Å². The van der Waals surface area contributed by atoms with Gasteiger partial charge in [-0.05, 0) is 32.3 Å². The van der Waals surface area contributed by atoms with E-state index in [0.717, 1.165) is 19.3 Å². The minimum atomic E-state index is -1.14. The van der Waals surface area contributed by atoms with Crippen molar-refractivity contribution in [3.8, 4) is 0 Å². The standard InChI is InChI=1S/C25H40O7/c1-6-9-10-11-12-20(29)31-22-15(4)17(26)13-16-18(27)14-19(28)23(21(16)22)32-24(30)25(5,7-2)8-3/h13,15,19,21-23,26-28H,6-12,14H2,1-5H3. The monoisotopic (exact) mass is 452 g/mol. The molecule has 0 bridgehead atoms. The summed E-state index contributed by atoms with van der Waals surface area (Å²) in [7, 11) is 0. The van der Waals surface area contributed by atoms with E-state index in [-0.39, 0.29) is 24.4 Å². The van der Waals surface area contributed by atoms with E-state index in [9.17, 15) is 24.9 Å². The lowest BCUT2D eigenvalue weighted by Gasteiger charge is -2.44. The van der Waals surface area contributed by atoms with E-state index < -0.39 is 47.5 Å². The Hall–Kier alpha value is -2.02. The first-order valence-corrected chi connectivity index (χ1v) is 12.0. The van der Waals surface area contributed by atoms with Crippen LogP contribution in [-0.2, 0) is 19.1 Å². The maximum atomic E-state index is 13.0. The quantitative estimate of drug-likeness (QED) is 0.319. The molecule has 0 aliphatic heterocycles. The lowest BCUT2D eigenvalue weighted by Crippen LogP contribution is -2.52. The van der Waals surface area contributed by atoms with E-state index in [1.54, 1.807) is 6.92 Å². The van der Waals surface area contributed by atoms with Crippen molar-refractivity contribution in [1.29, 1.82) is 0 Å². The molecule has 32 heavy (non-hydrogen) atoms. The third kappa shape index (κ3) is 5.66. The molecule has 0 heterocycles. The molecule has 0 aromatic rings. The first-order valence-electron chi connectivity index (χ1n) is 12.0. The van der Waals surface area contributed by atoms with Crippen LogP contribution in [-0.4, -0.2) is 45.6 Å². The van der Waals surface area contributed by atoms with E-state index in [4.69, 9.17) is 9.47 Å². The molecule has 0 amide bonds. The van der Waals surface area contributed by atoms with Gasteiger partial charge in [-0.1, -0.05) is 47.0 Å². The first-order chi connectivity index (χ1) is 15.1. The number of unbranched alkanes of at least 4 members (excludes halogenated alkanes) is 3. The number of rotatable bonds is 10. The second kappa shape index (κ2) is 11.2. The van der Waals surface area contributed by atoms with Crippen LogP contribution >= 0.6 is 0 Å². The minimum absolute atomic E-state index is 0.0139. The number of allylic oxidation sites excluding steroid dienone is 1. The molecule has 0 saturated heterocycles. The maximum absolute atomic E-state index is 13.0. The molecule has 0 fully saturated rings. The van der Waals surface area contributed by atoms with E-state index in [2.05, 4.69) is 6.92 Å². The molecule has 5 atom stereocenters. The fraction of sp³-hybridized carbons (Fsp3) is 0.760. The van der Waals surface area contributed by atoms with Gasteiger partial charge in [0.15, 0.2) is 0 Å². The van der Waals surface area contributed by atoms with Crippen LogP contribution in [0.4, 0.5) is 0 Å². The summed E-state index contributed by atoms with van der Waals surface area (Å²) in [5.41, 5.74) is -0.352. The Balaban J connectivity index is 2.32. The fourth-order valence-electron chi connectivity index (χ4n) is 4.39. The number of fused-ring (bicyclic) bond motifs is 1. The van der Waals surface area contributed by atoms with Crippen molar-refractivity contribution >= 4 is 11.9 Å². The molecule has 2 rings (SSSR count). The summed E-state index contributed by atoms with van der Waals surface area (Å²) in [6.07, 6.45) is 3.50. The van der Waals surface area contributed by atoms with Gasteiger partial charge < -0.3 is 24.8 Å². The molecule has 0 saturated carbocycles. The number of esters is 2. The lowest BCUT2D eigenvalue weighted by atomic mass is 9.71. The largest absolute Gasteiger partial charge is 0.512 e. The number of carbonyl (C=O) groups is 2. The van der Waals surface area contributed by atoms with Crippen LogP contribution in [0.25, 0.3) is 0 Å². The average Bonchev–Trinajstić information content (AvgIpc) is 2.76. The smallest absolute Gasteiger partial charge is 0.312 e. The van der Waals surface area contributed by atoms with Crippen molar-refractivity contribution < 1.29 is 34.4 Å². The minimum Gasteiger partial charge on any atom is -0.512 e. The van der Waals surface area contributed by atoms with Gasteiger partial charge in [-0.2, -0.15) is 0 Å². The van der Waals surface area contributed by atoms with Gasteiger partial charge >= 0.3 is 11.9 Å². The SMILES string of the molecule is CCCCCCC(=O)OC1C(C)C(O)=CC2=C(O)CC(O)C(OC(=O)C(C)(CC)CC)C21. The van der Waals surface area contributed by atoms with Crippen LogP contribution in [0.2, 0.25) is 0 Å². The summed E-state index contributed by atoms with van der Waals surface area (Å²) < 4.78 is 11.6. The average molecular weight is 453 g/mol. The topological polar surface area (TPSA) is 113 Å². The van der Waals surface area contributed by atoms with Gasteiger partial charge in [0.05, 0.1) is 34.9 Å². The zero-order chi connectivity index (χ0) is 24.1. The lowest BCUT2D eigenvalue weighted by molar-refractivity contribution is -0.181. The molecule has 0 spiro atoms. The fourth-order valence-corrected chi connectivity index (χ4v) is 4.39. The van der Waals surface area contributed by atoms with Gasteiger partial charge in [-0.3, -0.25) is 9.59 Å². The van der Waals surface area contributed by atoms with Crippen molar-refractivity contribution in [2.45, 2.75) is 104 Å². The van der Waals surface area contributed by atoms with Crippen molar-refractivity contribution in [3.63, 3.8) is 0 Å². The zero-order valence-electron chi connectivity index (χ0n) is 20.1. The first kappa shape index (κ1) is 26.2. The highest BCUT2D eigenvalue weighted by molar-refractivity contribution is 5.76. The Kier molecular flexibility index (Phi) is 9.19. The number of aliphatic hydroxyl groups is 3. The van der Waals surface area contributed by atoms with Gasteiger partial charge in [-0.25, -0.2) is 0 Å². The van der Waals surface area contributed by atoms with Crippen LogP contribution in [0, 0.1) is 17.3 Å². The molecule has 0 radical (unpaired) electrons. The summed E-state index contributed by atoms with van der Waals surface area (Å²) in [4.78, 5) is 25.6. The molecule has 0 aromatic carbocycles. The second-order valence-corrected chi connectivity index (χ2v) is 9.46. The second-order valence-electron chi connectivity index (χ2n) is 9.46. The summed E-state index contributed by atoms with van der Waals surface area (Å²) >= 11 is 0. The molecule has 3 N–H and O–H groups in total. The van der Waals surface area contributed by atoms with Crippen LogP contribution in [0.15, 0.2) is 23.2 Å². The zero-order valence-corrected chi connectivity index (χ0v) is 20.1. The molecule has 5 unspecified atom stereocenters. The predicted molar refractivity (Wildman–Crippen MR) is 121 cm³/mol. The molecule has 2 aliphatic rings. The van der Waals surface area contributed by atoms with E-state index in [0.29, 0.717) is 24.8 Å². The maximum Gasteiger partial charge on any atom is 0.312 e. The van der Waals surface area contributed by atoms with Crippen LogP contribution in [0.5, 0.6) is 0 Å². The molecular formula is C25H40O7. The molecule has 0 aromatic heterocycles. The molecule has 7 nitrogen and oxygen atoms in total. The summed E-state index contributed by atoms with van der Waals surface area (Å²) in [5.74, 6) is -2.25. The van der Waals surface area contributed by atoms with Gasteiger partial charge in [-0.15, -0.1) is 0 Å². The molecule has 7 heteroatoms. The highest BCUT2D eigenvalue weighted by Gasteiger charge is 2.51. The van der Waals surface area contributed by atoms with Crippen molar-refractivity contribution in [2.75, 3.05) is 0 Å². The Morgan fingerprint density at radius 2 is 1.72 bits per heavy atom. The van der Waals surface area contributed by atoms with E-state index >= 15 is 0 Å². The third-order valence-electron chi connectivity index (χ3n) is 7.24. The Morgan fingerprint density at radius 3 is 2.31 bits per heavy atom. The highest BCUT2D eigenvalue weighted by Crippen LogP contribution is 2.44. The van der Waals surface area contributed by atoms with Gasteiger partial charge in [0.1, 0.15) is 12.2 Å². The third-order valence-corrected chi connectivity index (χ3v) is 7.24. The summed E-state index contributed by atoms with van der Waals surface area (Å²) in [5, 5.41) is 31.7.